The predicted molar refractivity (Wildman–Crippen MR) is 80.7 cm³/mol. The molecule has 0 aliphatic carbocycles. The number of carboxylic acids is 1. The van der Waals surface area contributed by atoms with E-state index >= 15 is 0 Å². The van der Waals surface area contributed by atoms with E-state index in [4.69, 9.17) is 0 Å². The molecule has 2 saturated heterocycles. The third-order valence-corrected chi connectivity index (χ3v) is 5.58. The summed E-state index contributed by atoms with van der Waals surface area (Å²) < 4.78 is 0.735. The molecule has 124 valence electrons. The van der Waals surface area contributed by atoms with Gasteiger partial charge in [-0.15, -0.1) is 16.9 Å². The van der Waals surface area contributed by atoms with Gasteiger partial charge in [0.05, 0.1) is 29.3 Å². The second-order valence-electron chi connectivity index (χ2n) is 5.79. The summed E-state index contributed by atoms with van der Waals surface area (Å²) >= 11 is 1.46. The lowest BCUT2D eigenvalue weighted by Crippen LogP contribution is -2.58. The van der Waals surface area contributed by atoms with Crippen molar-refractivity contribution in [3.05, 3.63) is 11.9 Å². The highest BCUT2D eigenvalue weighted by Gasteiger charge is 2.60. The quantitative estimate of drug-likeness (QED) is 0.697. The van der Waals surface area contributed by atoms with Crippen LogP contribution in [0.15, 0.2) is 6.20 Å². The minimum absolute atomic E-state index is 0.0972. The standard InChI is InChI=1S/C13H17N5O4S/c1-3-14-11(20)7-5-17(16-15-7)6-13(2)10(12(21)22)18-8(19)4-9(18)23-13/h5,9-10H,3-4,6H2,1-2H3,(H,14,20)(H,21,22). The molecular formula is C13H17N5O4S. The minimum Gasteiger partial charge on any atom is -0.480 e. The van der Waals surface area contributed by atoms with Gasteiger partial charge < -0.3 is 15.3 Å². The molecule has 10 heteroatoms. The van der Waals surface area contributed by atoms with Crippen LogP contribution in [-0.4, -0.2) is 65.5 Å². The number of hydrogen-bond donors (Lipinski definition) is 2. The van der Waals surface area contributed by atoms with Crippen molar-refractivity contribution in [1.29, 1.82) is 0 Å². The summed E-state index contributed by atoms with van der Waals surface area (Å²) in [6, 6.07) is -0.907. The number of amides is 2. The van der Waals surface area contributed by atoms with Gasteiger partial charge in [0.1, 0.15) is 6.04 Å². The molecule has 1 aromatic heterocycles. The molecule has 0 spiro atoms. The average Bonchev–Trinajstić information content (AvgIpc) is 3.00. The first kappa shape index (κ1) is 15.8. The molecule has 2 aliphatic heterocycles. The zero-order valence-electron chi connectivity index (χ0n) is 12.7. The number of β-lactam (4-membered cyclic amide) rings is 1. The highest BCUT2D eigenvalue weighted by molar-refractivity contribution is 8.01. The number of aliphatic carboxylic acids is 1. The first-order valence-corrected chi connectivity index (χ1v) is 8.14. The number of thioether (sulfide) groups is 1. The summed E-state index contributed by atoms with van der Waals surface area (Å²) in [6.45, 7) is 4.34. The fraction of sp³-hybridized carbons (Fsp3) is 0.615. The van der Waals surface area contributed by atoms with Crippen LogP contribution in [0.5, 0.6) is 0 Å². The molecule has 3 heterocycles. The van der Waals surface area contributed by atoms with Crippen molar-refractivity contribution in [3.8, 4) is 0 Å². The highest BCUT2D eigenvalue weighted by Crippen LogP contribution is 2.51. The molecule has 3 rings (SSSR count). The molecule has 0 radical (unpaired) electrons. The lowest BCUT2D eigenvalue weighted by molar-refractivity contribution is -0.157. The summed E-state index contributed by atoms with van der Waals surface area (Å²) in [6.07, 6.45) is 1.86. The number of nitrogens with zero attached hydrogens (tertiary/aromatic N) is 4. The van der Waals surface area contributed by atoms with E-state index in [1.165, 1.54) is 27.5 Å². The zero-order chi connectivity index (χ0) is 16.8. The Balaban J connectivity index is 1.80. The summed E-state index contributed by atoms with van der Waals surface area (Å²) in [5.41, 5.74) is 0.185. The maximum Gasteiger partial charge on any atom is 0.327 e. The van der Waals surface area contributed by atoms with Gasteiger partial charge in [0.25, 0.3) is 5.91 Å². The molecule has 0 aromatic carbocycles. The van der Waals surface area contributed by atoms with Crippen LogP contribution in [0.3, 0.4) is 0 Å². The van der Waals surface area contributed by atoms with E-state index in [0.717, 1.165) is 0 Å². The van der Waals surface area contributed by atoms with Gasteiger partial charge in [-0.1, -0.05) is 5.21 Å². The fourth-order valence-electron chi connectivity index (χ4n) is 3.04. The number of fused-ring (bicyclic) bond motifs is 1. The normalized spacial score (nSPS) is 29.1. The van der Waals surface area contributed by atoms with Gasteiger partial charge in [0.15, 0.2) is 5.69 Å². The highest BCUT2D eigenvalue weighted by atomic mass is 32.2. The SMILES string of the molecule is CCNC(=O)c1cn(CC2(C)SC3CC(=O)N3C2C(=O)O)nn1. The third-order valence-electron chi connectivity index (χ3n) is 4.03. The van der Waals surface area contributed by atoms with Gasteiger partial charge in [-0.3, -0.25) is 14.3 Å². The van der Waals surface area contributed by atoms with E-state index in [1.54, 1.807) is 13.8 Å². The summed E-state index contributed by atoms with van der Waals surface area (Å²) in [7, 11) is 0. The monoisotopic (exact) mass is 339 g/mol. The molecule has 3 unspecified atom stereocenters. The van der Waals surface area contributed by atoms with Crippen molar-refractivity contribution >= 4 is 29.5 Å². The fourth-order valence-corrected chi connectivity index (χ4v) is 4.79. The molecule has 2 aliphatic rings. The maximum absolute atomic E-state index is 11.7. The summed E-state index contributed by atoms with van der Waals surface area (Å²) in [5.74, 6) is -1.49. The van der Waals surface area contributed by atoms with Gasteiger partial charge in [0.2, 0.25) is 5.91 Å². The van der Waals surface area contributed by atoms with Crippen LogP contribution in [0.25, 0.3) is 0 Å². The maximum atomic E-state index is 11.7. The topological polar surface area (TPSA) is 117 Å². The van der Waals surface area contributed by atoms with Gasteiger partial charge >= 0.3 is 5.97 Å². The molecular weight excluding hydrogens is 322 g/mol. The number of nitrogens with one attached hydrogen (secondary N) is 1. The van der Waals surface area contributed by atoms with Crippen molar-refractivity contribution < 1.29 is 19.5 Å². The predicted octanol–water partition coefficient (Wildman–Crippen LogP) is -0.455. The van der Waals surface area contributed by atoms with E-state index < -0.39 is 16.8 Å². The lowest BCUT2D eigenvalue weighted by Gasteiger charge is -2.36. The molecule has 9 nitrogen and oxygen atoms in total. The van der Waals surface area contributed by atoms with E-state index in [0.29, 0.717) is 13.0 Å². The molecule has 2 amide bonds. The molecule has 2 N–H and O–H groups in total. The van der Waals surface area contributed by atoms with E-state index in [9.17, 15) is 19.5 Å². The van der Waals surface area contributed by atoms with Crippen molar-refractivity contribution in [3.63, 3.8) is 0 Å². The molecule has 23 heavy (non-hydrogen) atoms. The van der Waals surface area contributed by atoms with Crippen molar-refractivity contribution in [1.82, 2.24) is 25.2 Å². The number of carboxylic acid groups (broad SMARTS) is 1. The van der Waals surface area contributed by atoms with Crippen molar-refractivity contribution in [2.75, 3.05) is 6.54 Å². The largest absolute Gasteiger partial charge is 0.480 e. The molecule has 2 fully saturated rings. The van der Waals surface area contributed by atoms with Crippen LogP contribution >= 0.6 is 11.8 Å². The van der Waals surface area contributed by atoms with E-state index in [1.807, 2.05) is 0 Å². The Morgan fingerprint density at radius 1 is 1.57 bits per heavy atom. The Bertz CT molecular complexity index is 677. The van der Waals surface area contributed by atoms with Gasteiger partial charge in [0, 0.05) is 6.54 Å². The number of hydrogen-bond acceptors (Lipinski definition) is 6. The van der Waals surface area contributed by atoms with Crippen LogP contribution in [0.2, 0.25) is 0 Å². The van der Waals surface area contributed by atoms with Crippen LogP contribution in [0.4, 0.5) is 0 Å². The Morgan fingerprint density at radius 2 is 2.30 bits per heavy atom. The Labute approximate surface area is 136 Å². The summed E-state index contributed by atoms with van der Waals surface area (Å²) in [5, 5.41) is 19.8. The number of carbonyl (C=O) groups is 3. The number of carbonyl (C=O) groups excluding carboxylic acids is 2. The van der Waals surface area contributed by atoms with Crippen LogP contribution in [0, 0.1) is 0 Å². The Morgan fingerprint density at radius 3 is 2.91 bits per heavy atom. The first-order valence-electron chi connectivity index (χ1n) is 7.26. The average molecular weight is 339 g/mol. The lowest BCUT2D eigenvalue weighted by atomic mass is 9.96. The molecule has 0 bridgehead atoms. The van der Waals surface area contributed by atoms with Crippen molar-refractivity contribution in [2.24, 2.45) is 0 Å². The van der Waals surface area contributed by atoms with Crippen LogP contribution in [0.1, 0.15) is 30.8 Å². The van der Waals surface area contributed by atoms with Gasteiger partial charge in [-0.2, -0.15) is 0 Å². The van der Waals surface area contributed by atoms with Crippen molar-refractivity contribution in [2.45, 2.75) is 43.0 Å². The van der Waals surface area contributed by atoms with Gasteiger partial charge in [-0.05, 0) is 13.8 Å². The molecule has 0 saturated carbocycles. The second-order valence-corrected chi connectivity index (χ2v) is 7.50. The number of rotatable bonds is 5. The Kier molecular flexibility index (Phi) is 3.78. The smallest absolute Gasteiger partial charge is 0.327 e. The van der Waals surface area contributed by atoms with Crippen LogP contribution < -0.4 is 5.32 Å². The van der Waals surface area contributed by atoms with Gasteiger partial charge in [-0.25, -0.2) is 4.79 Å². The first-order chi connectivity index (χ1) is 10.9. The third kappa shape index (κ3) is 2.56. The molecule has 3 atom stereocenters. The van der Waals surface area contributed by atoms with E-state index in [-0.39, 0.29) is 29.4 Å². The Hall–Kier alpha value is -2.10. The zero-order valence-corrected chi connectivity index (χ0v) is 13.5. The second kappa shape index (κ2) is 5.52. The summed E-state index contributed by atoms with van der Waals surface area (Å²) in [4.78, 5) is 36.5. The minimum atomic E-state index is -1.03. The molecule has 1 aromatic rings. The van der Waals surface area contributed by atoms with Crippen LogP contribution in [-0.2, 0) is 16.1 Å². The number of aromatic nitrogens is 3. The van der Waals surface area contributed by atoms with E-state index in [2.05, 4.69) is 15.6 Å².